The van der Waals surface area contributed by atoms with E-state index in [-0.39, 0.29) is 22.7 Å². The first-order valence-corrected chi connectivity index (χ1v) is 8.86. The van der Waals surface area contributed by atoms with Crippen molar-refractivity contribution in [3.63, 3.8) is 0 Å². The molecule has 2 rings (SSSR count). The Bertz CT molecular complexity index is 334. The van der Waals surface area contributed by atoms with Crippen LogP contribution in [0.15, 0.2) is 0 Å². The van der Waals surface area contributed by atoms with Crippen LogP contribution in [0.3, 0.4) is 0 Å². The molecule has 20 heavy (non-hydrogen) atoms. The Kier molecular flexibility index (Phi) is 5.39. The highest BCUT2D eigenvalue weighted by Crippen LogP contribution is 2.41. The summed E-state index contributed by atoms with van der Waals surface area (Å²) >= 11 is 6.21. The number of amides is 1. The molecule has 2 aliphatic rings. The van der Waals surface area contributed by atoms with Gasteiger partial charge < -0.3 is 5.32 Å². The molecular weight excluding hydrogens is 270 g/mol. The van der Waals surface area contributed by atoms with Crippen LogP contribution >= 0.6 is 11.6 Å². The molecule has 1 amide bonds. The molecule has 0 radical (unpaired) electrons. The highest BCUT2D eigenvalue weighted by atomic mass is 35.5. The maximum absolute atomic E-state index is 12.6. The standard InChI is InChI=1S/C17H30ClNO/c1-16(2)9-7-4-8-14(16)15(20)19-13-17(12-18)10-5-3-6-11-17/h14H,3-13H2,1-2H3,(H,19,20). The van der Waals surface area contributed by atoms with E-state index in [0.717, 1.165) is 13.0 Å². The van der Waals surface area contributed by atoms with Crippen molar-refractivity contribution in [3.05, 3.63) is 0 Å². The lowest BCUT2D eigenvalue weighted by molar-refractivity contribution is -0.130. The maximum Gasteiger partial charge on any atom is 0.223 e. The number of carbonyl (C=O) groups is 1. The van der Waals surface area contributed by atoms with Crippen LogP contribution in [0.5, 0.6) is 0 Å². The second-order valence-corrected chi connectivity index (χ2v) is 7.97. The number of hydrogen-bond acceptors (Lipinski definition) is 1. The van der Waals surface area contributed by atoms with E-state index in [0.29, 0.717) is 5.88 Å². The predicted octanol–water partition coefficient (Wildman–Crippen LogP) is 4.51. The zero-order valence-electron chi connectivity index (χ0n) is 13.1. The smallest absolute Gasteiger partial charge is 0.223 e. The van der Waals surface area contributed by atoms with Crippen molar-refractivity contribution in [2.75, 3.05) is 12.4 Å². The van der Waals surface area contributed by atoms with Gasteiger partial charge in [-0.2, -0.15) is 0 Å². The van der Waals surface area contributed by atoms with Crippen LogP contribution in [-0.2, 0) is 4.79 Å². The van der Waals surface area contributed by atoms with Crippen LogP contribution in [0.4, 0.5) is 0 Å². The zero-order chi connectivity index (χ0) is 14.6. The van der Waals surface area contributed by atoms with E-state index < -0.39 is 0 Å². The lowest BCUT2D eigenvalue weighted by Gasteiger charge is -2.40. The van der Waals surface area contributed by atoms with Gasteiger partial charge in [0.1, 0.15) is 0 Å². The van der Waals surface area contributed by atoms with Crippen molar-refractivity contribution in [3.8, 4) is 0 Å². The molecule has 0 spiro atoms. The van der Waals surface area contributed by atoms with Gasteiger partial charge in [0.25, 0.3) is 0 Å². The minimum atomic E-state index is 0.156. The molecule has 2 nitrogen and oxygen atoms in total. The molecule has 116 valence electrons. The molecule has 1 N–H and O–H groups in total. The minimum Gasteiger partial charge on any atom is -0.355 e. The SMILES string of the molecule is CC1(C)CCCCC1C(=O)NCC1(CCl)CCCCC1. The molecule has 0 aromatic carbocycles. The first-order chi connectivity index (χ1) is 9.49. The molecule has 1 atom stereocenters. The van der Waals surface area contributed by atoms with Crippen LogP contribution in [0.1, 0.15) is 71.6 Å². The number of hydrogen-bond donors (Lipinski definition) is 1. The van der Waals surface area contributed by atoms with E-state index in [1.807, 2.05) is 0 Å². The highest BCUT2D eigenvalue weighted by Gasteiger charge is 2.38. The lowest BCUT2D eigenvalue weighted by Crippen LogP contribution is -2.46. The van der Waals surface area contributed by atoms with Gasteiger partial charge >= 0.3 is 0 Å². The predicted molar refractivity (Wildman–Crippen MR) is 85.0 cm³/mol. The van der Waals surface area contributed by atoms with Crippen molar-refractivity contribution in [1.29, 1.82) is 0 Å². The van der Waals surface area contributed by atoms with Crippen molar-refractivity contribution < 1.29 is 4.79 Å². The van der Waals surface area contributed by atoms with Gasteiger partial charge in [-0.1, -0.05) is 46.0 Å². The van der Waals surface area contributed by atoms with E-state index in [9.17, 15) is 4.79 Å². The Morgan fingerprint density at radius 2 is 1.75 bits per heavy atom. The fraction of sp³-hybridized carbons (Fsp3) is 0.941. The van der Waals surface area contributed by atoms with E-state index in [1.54, 1.807) is 0 Å². The summed E-state index contributed by atoms with van der Waals surface area (Å²) in [6.45, 7) is 5.27. The van der Waals surface area contributed by atoms with E-state index >= 15 is 0 Å². The van der Waals surface area contributed by atoms with Crippen LogP contribution in [0, 0.1) is 16.7 Å². The van der Waals surface area contributed by atoms with Gasteiger partial charge in [-0.05, 0) is 31.1 Å². The third kappa shape index (κ3) is 3.69. The zero-order valence-corrected chi connectivity index (χ0v) is 13.9. The molecule has 0 aliphatic heterocycles. The van der Waals surface area contributed by atoms with E-state index in [4.69, 9.17) is 11.6 Å². The van der Waals surface area contributed by atoms with E-state index in [1.165, 1.54) is 51.4 Å². The number of halogens is 1. The number of nitrogens with one attached hydrogen (secondary N) is 1. The Hall–Kier alpha value is -0.240. The Labute approximate surface area is 129 Å². The molecular formula is C17H30ClNO. The lowest BCUT2D eigenvalue weighted by atomic mass is 9.68. The summed E-state index contributed by atoms with van der Waals surface area (Å²) in [4.78, 5) is 12.6. The summed E-state index contributed by atoms with van der Waals surface area (Å²) in [5.41, 5.74) is 0.317. The summed E-state index contributed by atoms with van der Waals surface area (Å²) in [5, 5.41) is 3.25. The molecule has 0 aromatic heterocycles. The number of rotatable bonds is 4. The van der Waals surface area contributed by atoms with Crippen LogP contribution in [0.2, 0.25) is 0 Å². The van der Waals surface area contributed by atoms with Crippen molar-refractivity contribution in [2.24, 2.45) is 16.7 Å². The summed E-state index contributed by atoms with van der Waals surface area (Å²) in [6, 6.07) is 0. The summed E-state index contributed by atoms with van der Waals surface area (Å²) in [7, 11) is 0. The second kappa shape index (κ2) is 6.68. The van der Waals surface area contributed by atoms with Gasteiger partial charge in [0.05, 0.1) is 0 Å². The monoisotopic (exact) mass is 299 g/mol. The Morgan fingerprint density at radius 3 is 2.35 bits per heavy atom. The minimum absolute atomic E-state index is 0.156. The van der Waals surface area contributed by atoms with Gasteiger partial charge in [-0.25, -0.2) is 0 Å². The van der Waals surface area contributed by atoms with Crippen LogP contribution in [-0.4, -0.2) is 18.3 Å². The highest BCUT2D eigenvalue weighted by molar-refractivity contribution is 6.18. The van der Waals surface area contributed by atoms with Gasteiger partial charge in [0.15, 0.2) is 0 Å². The maximum atomic E-state index is 12.6. The van der Waals surface area contributed by atoms with Crippen LogP contribution in [0.25, 0.3) is 0 Å². The van der Waals surface area contributed by atoms with Crippen LogP contribution < -0.4 is 5.32 Å². The van der Waals surface area contributed by atoms with E-state index in [2.05, 4.69) is 19.2 Å². The quantitative estimate of drug-likeness (QED) is 0.760. The summed E-state index contributed by atoms with van der Waals surface area (Å²) in [5.74, 6) is 1.14. The first kappa shape index (κ1) is 16.1. The third-order valence-electron chi connectivity index (χ3n) is 5.66. The van der Waals surface area contributed by atoms with Crippen molar-refractivity contribution in [1.82, 2.24) is 5.32 Å². The fourth-order valence-corrected chi connectivity index (χ4v) is 4.40. The van der Waals surface area contributed by atoms with Gasteiger partial charge in [0, 0.05) is 23.8 Å². The van der Waals surface area contributed by atoms with Crippen molar-refractivity contribution >= 4 is 17.5 Å². The fourth-order valence-electron chi connectivity index (χ4n) is 4.04. The van der Waals surface area contributed by atoms with Gasteiger partial charge in [0.2, 0.25) is 5.91 Å². The summed E-state index contributed by atoms with van der Waals surface area (Å²) in [6.07, 6.45) is 10.9. The van der Waals surface area contributed by atoms with Gasteiger partial charge in [-0.3, -0.25) is 4.79 Å². The molecule has 0 saturated heterocycles. The second-order valence-electron chi connectivity index (χ2n) is 7.70. The number of alkyl halides is 1. The van der Waals surface area contributed by atoms with Crippen molar-refractivity contribution in [2.45, 2.75) is 71.6 Å². The molecule has 2 aliphatic carbocycles. The molecule has 0 heterocycles. The third-order valence-corrected chi connectivity index (χ3v) is 6.23. The first-order valence-electron chi connectivity index (χ1n) is 8.33. The largest absolute Gasteiger partial charge is 0.355 e. The Balaban J connectivity index is 1.90. The molecule has 0 aromatic rings. The topological polar surface area (TPSA) is 29.1 Å². The number of carbonyl (C=O) groups excluding carboxylic acids is 1. The molecule has 2 saturated carbocycles. The molecule has 3 heteroatoms. The van der Waals surface area contributed by atoms with Gasteiger partial charge in [-0.15, -0.1) is 11.6 Å². The Morgan fingerprint density at radius 1 is 1.10 bits per heavy atom. The molecule has 2 fully saturated rings. The molecule has 1 unspecified atom stereocenters. The average Bonchev–Trinajstić information content (AvgIpc) is 2.45. The normalized spacial score (nSPS) is 28.9. The summed E-state index contributed by atoms with van der Waals surface area (Å²) < 4.78 is 0. The molecule has 0 bridgehead atoms. The average molecular weight is 300 g/mol.